The Balaban J connectivity index is 1.73. The highest BCUT2D eigenvalue weighted by Gasteiger charge is 2.18. The van der Waals surface area contributed by atoms with Crippen LogP contribution >= 0.6 is 23.2 Å². The molecule has 0 aliphatic carbocycles. The van der Waals surface area contributed by atoms with E-state index in [4.69, 9.17) is 27.9 Å². The number of nitriles is 1. The van der Waals surface area contributed by atoms with Crippen LogP contribution in [0.5, 0.6) is 5.75 Å². The fourth-order valence-electron chi connectivity index (χ4n) is 3.06. The summed E-state index contributed by atoms with van der Waals surface area (Å²) in [6.07, 6.45) is 2.32. The number of benzene rings is 2. The summed E-state index contributed by atoms with van der Waals surface area (Å²) in [5.74, 6) is -0.778. The molecule has 3 aromatic rings. The molecule has 2 N–H and O–H groups in total. The number of nitrogens with zero attached hydrogens (tertiary/aromatic N) is 4. The van der Waals surface area contributed by atoms with Gasteiger partial charge < -0.3 is 15.4 Å². The Labute approximate surface area is 213 Å². The first-order chi connectivity index (χ1) is 16.6. The summed E-state index contributed by atoms with van der Waals surface area (Å²) in [5.41, 5.74) is 1.40. The van der Waals surface area contributed by atoms with Crippen LogP contribution in [-0.4, -0.2) is 33.4 Å². The number of carbonyl (C=O) groups is 2. The van der Waals surface area contributed by atoms with E-state index in [1.807, 2.05) is 26.8 Å². The van der Waals surface area contributed by atoms with E-state index in [1.165, 1.54) is 10.9 Å². The van der Waals surface area contributed by atoms with Gasteiger partial charge in [0.25, 0.3) is 0 Å². The topological polar surface area (TPSA) is 122 Å². The van der Waals surface area contributed by atoms with Crippen molar-refractivity contribution in [1.82, 2.24) is 15.0 Å². The minimum absolute atomic E-state index is 0.0380. The molecule has 11 heteroatoms. The average molecular weight is 515 g/mol. The van der Waals surface area contributed by atoms with Crippen LogP contribution in [0.2, 0.25) is 10.2 Å². The summed E-state index contributed by atoms with van der Waals surface area (Å²) < 4.78 is 6.91. The molecule has 0 atom stereocenters. The first-order valence-corrected chi connectivity index (χ1v) is 11.5. The number of aromatic nitrogens is 3. The van der Waals surface area contributed by atoms with Crippen molar-refractivity contribution < 1.29 is 14.3 Å². The van der Waals surface area contributed by atoms with Crippen LogP contribution < -0.4 is 15.4 Å². The molecule has 0 spiro atoms. The lowest BCUT2D eigenvalue weighted by atomic mass is 9.91. The first kappa shape index (κ1) is 26.0. The van der Waals surface area contributed by atoms with Gasteiger partial charge in [-0.2, -0.15) is 5.26 Å². The summed E-state index contributed by atoms with van der Waals surface area (Å²) in [6.45, 7) is 5.90. The molecule has 0 saturated heterocycles. The minimum Gasteiger partial charge on any atom is -0.423 e. The maximum atomic E-state index is 12.7. The molecule has 2 aromatic carbocycles. The molecule has 1 heterocycles. The number of hydrogen-bond donors (Lipinski definition) is 2. The van der Waals surface area contributed by atoms with Crippen molar-refractivity contribution in [2.45, 2.75) is 33.6 Å². The number of amides is 1. The van der Waals surface area contributed by atoms with Crippen LogP contribution in [0, 0.1) is 16.7 Å². The highest BCUT2D eigenvalue weighted by molar-refractivity contribution is 6.31. The van der Waals surface area contributed by atoms with Crippen molar-refractivity contribution in [3.05, 3.63) is 58.3 Å². The van der Waals surface area contributed by atoms with E-state index in [2.05, 4.69) is 20.9 Å². The zero-order valence-electron chi connectivity index (χ0n) is 19.4. The number of ether oxygens (including phenoxy) is 1. The maximum absolute atomic E-state index is 12.7. The van der Waals surface area contributed by atoms with Gasteiger partial charge in [-0.05, 0) is 42.2 Å². The summed E-state index contributed by atoms with van der Waals surface area (Å²) >= 11 is 12.0. The zero-order valence-corrected chi connectivity index (χ0v) is 20.9. The Morgan fingerprint density at radius 1 is 1.17 bits per heavy atom. The number of halogens is 2. The molecule has 1 aromatic heterocycles. The van der Waals surface area contributed by atoms with Crippen molar-refractivity contribution in [3.63, 3.8) is 0 Å². The number of nitrogens with one attached hydrogen (secondary N) is 2. The normalized spacial score (nSPS) is 11.0. The largest absolute Gasteiger partial charge is 0.423 e. The van der Waals surface area contributed by atoms with Gasteiger partial charge in [-0.3, -0.25) is 9.59 Å². The maximum Gasteiger partial charge on any atom is 0.311 e. The number of para-hydroxylation sites is 1. The third-order valence-corrected chi connectivity index (χ3v) is 5.22. The molecule has 0 radical (unpaired) electrons. The molecule has 0 saturated carbocycles. The number of rotatable bonds is 8. The van der Waals surface area contributed by atoms with Crippen LogP contribution in [-0.2, 0) is 9.59 Å². The van der Waals surface area contributed by atoms with E-state index in [0.717, 1.165) is 0 Å². The molecular weight excluding hydrogens is 491 g/mol. The summed E-state index contributed by atoms with van der Waals surface area (Å²) in [5, 5.41) is 23.4. The van der Waals surface area contributed by atoms with Crippen molar-refractivity contribution in [3.8, 4) is 17.5 Å². The molecular formula is C24H24Cl2N6O3. The van der Waals surface area contributed by atoms with Gasteiger partial charge in [0.15, 0.2) is 10.9 Å². The first-order valence-electron chi connectivity index (χ1n) is 10.7. The van der Waals surface area contributed by atoms with Crippen molar-refractivity contribution >= 4 is 46.5 Å². The van der Waals surface area contributed by atoms with Crippen LogP contribution in [0.4, 0.5) is 11.4 Å². The SMILES string of the molecule is CC(C)(C)CCC(=O)Oc1c(C#N)cccc1NCC(=O)Nc1cc(Cl)ccc1-n1cc(Cl)nn1. The fraction of sp³-hybridized carbons (Fsp3) is 0.292. The number of carbonyl (C=O) groups excluding carboxylic acids is 2. The third-order valence-electron chi connectivity index (χ3n) is 4.81. The van der Waals surface area contributed by atoms with E-state index in [-0.39, 0.29) is 34.8 Å². The third kappa shape index (κ3) is 7.44. The second kappa shape index (κ2) is 11.2. The Kier molecular flexibility index (Phi) is 8.33. The van der Waals surface area contributed by atoms with Crippen LogP contribution in [0.3, 0.4) is 0 Å². The lowest BCUT2D eigenvalue weighted by Gasteiger charge is -2.18. The van der Waals surface area contributed by atoms with Gasteiger partial charge in [0.1, 0.15) is 6.07 Å². The lowest BCUT2D eigenvalue weighted by Crippen LogP contribution is -2.23. The molecule has 1 amide bonds. The van der Waals surface area contributed by atoms with Crippen LogP contribution in [0.25, 0.3) is 5.69 Å². The number of hydrogen-bond acceptors (Lipinski definition) is 7. The van der Waals surface area contributed by atoms with Crippen molar-refractivity contribution in [2.75, 3.05) is 17.2 Å². The van der Waals surface area contributed by atoms with Gasteiger partial charge >= 0.3 is 5.97 Å². The van der Waals surface area contributed by atoms with Gasteiger partial charge in [0, 0.05) is 11.4 Å². The average Bonchev–Trinajstić information content (AvgIpc) is 3.22. The predicted octanol–water partition coefficient (Wildman–Crippen LogP) is 5.23. The van der Waals surface area contributed by atoms with Crippen molar-refractivity contribution in [1.29, 1.82) is 5.26 Å². The molecule has 0 fully saturated rings. The quantitative estimate of drug-likeness (QED) is 0.311. The standard InChI is InChI=1S/C24H24Cl2N6O3/c1-24(2,3)10-9-22(34)35-23-15(12-27)5-4-6-17(23)28-13-21(33)29-18-11-16(25)7-8-19(18)32-14-20(26)30-31-32/h4-8,11,14,28H,9-10,13H2,1-3H3,(H,29,33). The molecule has 182 valence electrons. The Bertz CT molecular complexity index is 1280. The summed E-state index contributed by atoms with van der Waals surface area (Å²) in [7, 11) is 0. The monoisotopic (exact) mass is 514 g/mol. The molecule has 0 aliphatic heterocycles. The van der Waals surface area contributed by atoms with E-state index in [9.17, 15) is 14.9 Å². The Morgan fingerprint density at radius 2 is 1.94 bits per heavy atom. The molecule has 9 nitrogen and oxygen atoms in total. The molecule has 0 bridgehead atoms. The van der Waals surface area contributed by atoms with E-state index in [0.29, 0.717) is 28.5 Å². The highest BCUT2D eigenvalue weighted by Crippen LogP contribution is 2.30. The minimum atomic E-state index is -0.454. The Morgan fingerprint density at radius 3 is 2.60 bits per heavy atom. The fourth-order valence-corrected chi connectivity index (χ4v) is 3.35. The number of esters is 1. The van der Waals surface area contributed by atoms with E-state index < -0.39 is 11.9 Å². The van der Waals surface area contributed by atoms with Gasteiger partial charge in [0.05, 0.1) is 35.4 Å². The smallest absolute Gasteiger partial charge is 0.311 e. The summed E-state index contributed by atoms with van der Waals surface area (Å²) in [6, 6.07) is 11.7. The van der Waals surface area contributed by atoms with Crippen LogP contribution in [0.1, 0.15) is 39.2 Å². The van der Waals surface area contributed by atoms with E-state index in [1.54, 1.807) is 36.4 Å². The van der Waals surface area contributed by atoms with Crippen molar-refractivity contribution in [2.24, 2.45) is 5.41 Å². The predicted molar refractivity (Wildman–Crippen MR) is 134 cm³/mol. The second-order valence-electron chi connectivity index (χ2n) is 8.88. The molecule has 35 heavy (non-hydrogen) atoms. The second-order valence-corrected chi connectivity index (χ2v) is 9.70. The molecule has 0 aliphatic rings. The van der Waals surface area contributed by atoms with E-state index >= 15 is 0 Å². The zero-order chi connectivity index (χ0) is 25.6. The molecule has 3 rings (SSSR count). The molecule has 0 unspecified atom stereocenters. The highest BCUT2D eigenvalue weighted by atomic mass is 35.5. The van der Waals surface area contributed by atoms with Gasteiger partial charge in [-0.25, -0.2) is 4.68 Å². The lowest BCUT2D eigenvalue weighted by molar-refractivity contribution is -0.134. The Hall–Kier alpha value is -3.61. The van der Waals surface area contributed by atoms with Gasteiger partial charge in [-0.1, -0.05) is 55.3 Å². The van der Waals surface area contributed by atoms with Crippen LogP contribution in [0.15, 0.2) is 42.6 Å². The van der Waals surface area contributed by atoms with Gasteiger partial charge in [0.2, 0.25) is 5.91 Å². The van der Waals surface area contributed by atoms with Gasteiger partial charge in [-0.15, -0.1) is 5.10 Å². The summed E-state index contributed by atoms with van der Waals surface area (Å²) in [4.78, 5) is 25.1. The number of anilines is 2.